The van der Waals surface area contributed by atoms with Crippen molar-refractivity contribution in [2.24, 2.45) is 0 Å². The minimum atomic E-state index is -0.220. The van der Waals surface area contributed by atoms with Gasteiger partial charge in [0.2, 0.25) is 5.75 Å². The zero-order valence-electron chi connectivity index (χ0n) is 11.1. The third-order valence-corrected chi connectivity index (χ3v) is 5.13. The van der Waals surface area contributed by atoms with Crippen molar-refractivity contribution in [2.75, 3.05) is 30.5 Å². The number of rotatable bonds is 7. The maximum absolute atomic E-state index is 11.5. The van der Waals surface area contributed by atoms with Gasteiger partial charge in [0.1, 0.15) is 24.7 Å². The number of hydrogen-bond acceptors (Lipinski definition) is 4. The number of hydrogen-bond donors (Lipinski definition) is 0. The average molecular weight is 275 g/mol. The highest BCUT2D eigenvalue weighted by Gasteiger charge is 2.25. The van der Waals surface area contributed by atoms with E-state index in [1.165, 1.54) is 30.8 Å². The van der Waals surface area contributed by atoms with Crippen LogP contribution in [-0.4, -0.2) is 42.4 Å². The zero-order chi connectivity index (χ0) is 13.2. The van der Waals surface area contributed by atoms with Crippen LogP contribution in [0.15, 0.2) is 0 Å². The van der Waals surface area contributed by atoms with E-state index in [9.17, 15) is 9.59 Å². The topological polar surface area (TPSA) is 52.6 Å². The predicted molar refractivity (Wildman–Crippen MR) is 72.6 cm³/mol. The summed E-state index contributed by atoms with van der Waals surface area (Å²) in [5, 5.41) is 0. The first-order chi connectivity index (χ1) is 8.72. The lowest BCUT2D eigenvalue weighted by Crippen LogP contribution is -2.27. The molecule has 0 spiro atoms. The Morgan fingerprint density at radius 2 is 1.61 bits per heavy atom. The van der Waals surface area contributed by atoms with Crippen LogP contribution < -0.4 is 0 Å². The van der Waals surface area contributed by atoms with E-state index >= 15 is 0 Å². The fraction of sp³-hybridized carbons (Fsp3) is 0.846. The van der Waals surface area contributed by atoms with E-state index in [1.807, 2.05) is 6.92 Å². The number of carbonyl (C=O) groups is 2. The van der Waals surface area contributed by atoms with Crippen molar-refractivity contribution >= 4 is 22.8 Å². The summed E-state index contributed by atoms with van der Waals surface area (Å²) < 4.78 is 9.97. The fourth-order valence-corrected chi connectivity index (χ4v) is 3.97. The minimum absolute atomic E-state index is 0.147. The van der Waals surface area contributed by atoms with Crippen LogP contribution in [0.1, 0.15) is 39.0 Å². The molecule has 0 N–H and O–H groups in total. The van der Waals surface area contributed by atoms with E-state index in [1.54, 1.807) is 0 Å². The van der Waals surface area contributed by atoms with Crippen LogP contribution >= 0.6 is 0 Å². The molecular weight excluding hydrogens is 252 g/mol. The molecule has 0 aliphatic carbocycles. The Labute approximate surface area is 112 Å². The summed E-state index contributed by atoms with van der Waals surface area (Å²) in [5.41, 5.74) is 0. The van der Waals surface area contributed by atoms with Crippen molar-refractivity contribution in [3.8, 4) is 0 Å². The Bertz CT molecular complexity index is 262. The van der Waals surface area contributed by atoms with Gasteiger partial charge < -0.3 is 9.47 Å². The highest BCUT2D eigenvalue weighted by molar-refractivity contribution is 7.97. The van der Waals surface area contributed by atoms with Crippen molar-refractivity contribution in [1.82, 2.24) is 0 Å². The second kappa shape index (κ2) is 9.25. The number of ether oxygens (including phenoxy) is 2. The molecule has 104 valence electrons. The largest absolute Gasteiger partial charge is 0.462 e. The molecular formula is C13H23O4S+. The Kier molecular flexibility index (Phi) is 7.89. The molecule has 0 radical (unpaired) electrons. The smallest absolute Gasteiger partial charge is 0.356 e. The van der Waals surface area contributed by atoms with E-state index in [0.29, 0.717) is 12.2 Å². The fourth-order valence-electron chi connectivity index (χ4n) is 1.83. The SMILES string of the molecule is CCCC(=O)OCCOC(=O)C[S+]1CCCCC1. The second-order valence-electron chi connectivity index (χ2n) is 4.42. The highest BCUT2D eigenvalue weighted by atomic mass is 32.2. The molecule has 0 aromatic rings. The summed E-state index contributed by atoms with van der Waals surface area (Å²) in [6.07, 6.45) is 4.99. The lowest BCUT2D eigenvalue weighted by molar-refractivity contribution is -0.150. The van der Waals surface area contributed by atoms with Crippen LogP contribution in [0.2, 0.25) is 0 Å². The van der Waals surface area contributed by atoms with Gasteiger partial charge in [0.15, 0.2) is 0 Å². The minimum Gasteiger partial charge on any atom is -0.462 e. The van der Waals surface area contributed by atoms with Crippen molar-refractivity contribution in [3.63, 3.8) is 0 Å². The molecule has 1 aliphatic rings. The molecule has 0 aromatic heterocycles. The summed E-state index contributed by atoms with van der Waals surface area (Å²) in [6.45, 7) is 2.29. The van der Waals surface area contributed by atoms with Crippen LogP contribution in [0.4, 0.5) is 0 Å². The van der Waals surface area contributed by atoms with Crippen molar-refractivity contribution < 1.29 is 19.1 Å². The lowest BCUT2D eigenvalue weighted by atomic mass is 10.3. The van der Waals surface area contributed by atoms with Crippen LogP contribution in [0.5, 0.6) is 0 Å². The predicted octanol–water partition coefficient (Wildman–Crippen LogP) is 1.68. The Morgan fingerprint density at radius 1 is 1.00 bits per heavy atom. The molecule has 18 heavy (non-hydrogen) atoms. The standard InChI is InChI=1S/C13H23O4S/c1-2-6-12(14)16-7-8-17-13(15)11-18-9-4-3-5-10-18/h2-11H2,1H3/q+1. The number of carbonyl (C=O) groups excluding carboxylic acids is 2. The van der Waals surface area contributed by atoms with Crippen molar-refractivity contribution in [2.45, 2.75) is 39.0 Å². The molecule has 0 aromatic carbocycles. The zero-order valence-corrected chi connectivity index (χ0v) is 11.9. The lowest BCUT2D eigenvalue weighted by Gasteiger charge is -2.13. The maximum Gasteiger partial charge on any atom is 0.356 e. The third kappa shape index (κ3) is 6.89. The molecule has 0 atom stereocenters. The van der Waals surface area contributed by atoms with E-state index in [-0.39, 0.29) is 36.0 Å². The monoisotopic (exact) mass is 275 g/mol. The van der Waals surface area contributed by atoms with E-state index in [4.69, 9.17) is 9.47 Å². The summed E-state index contributed by atoms with van der Waals surface area (Å²) >= 11 is 0. The molecule has 5 heteroatoms. The molecule has 0 unspecified atom stereocenters. The summed E-state index contributed by atoms with van der Waals surface area (Å²) in [5.74, 6) is 2.51. The normalized spacial score (nSPS) is 16.3. The van der Waals surface area contributed by atoms with Gasteiger partial charge in [0.05, 0.1) is 0 Å². The molecule has 1 aliphatic heterocycles. The number of esters is 2. The van der Waals surface area contributed by atoms with E-state index in [0.717, 1.165) is 6.42 Å². The first kappa shape index (κ1) is 15.3. The van der Waals surface area contributed by atoms with Gasteiger partial charge in [0.25, 0.3) is 0 Å². The van der Waals surface area contributed by atoms with Gasteiger partial charge in [-0.05, 0) is 36.6 Å². The second-order valence-corrected chi connectivity index (χ2v) is 6.75. The summed E-state index contributed by atoms with van der Waals surface area (Å²) in [7, 11) is 0.226. The third-order valence-electron chi connectivity index (χ3n) is 2.75. The van der Waals surface area contributed by atoms with Crippen LogP contribution in [0, 0.1) is 0 Å². The van der Waals surface area contributed by atoms with Gasteiger partial charge in [-0.3, -0.25) is 4.79 Å². The maximum atomic E-state index is 11.5. The van der Waals surface area contributed by atoms with Gasteiger partial charge in [0, 0.05) is 6.42 Å². The van der Waals surface area contributed by atoms with E-state index in [2.05, 4.69) is 0 Å². The highest BCUT2D eigenvalue weighted by Crippen LogP contribution is 2.13. The van der Waals surface area contributed by atoms with Gasteiger partial charge in [-0.15, -0.1) is 0 Å². The van der Waals surface area contributed by atoms with Gasteiger partial charge >= 0.3 is 11.9 Å². The van der Waals surface area contributed by atoms with Gasteiger partial charge in [-0.25, -0.2) is 4.79 Å². The summed E-state index contributed by atoms with van der Waals surface area (Å²) in [6, 6.07) is 0. The van der Waals surface area contributed by atoms with Crippen LogP contribution in [0.3, 0.4) is 0 Å². The van der Waals surface area contributed by atoms with Gasteiger partial charge in [-0.1, -0.05) is 6.92 Å². The molecule has 1 rings (SSSR count). The first-order valence-electron chi connectivity index (χ1n) is 6.67. The Hall–Kier alpha value is -0.710. The van der Waals surface area contributed by atoms with Crippen molar-refractivity contribution in [1.29, 1.82) is 0 Å². The van der Waals surface area contributed by atoms with Crippen LogP contribution in [-0.2, 0) is 30.0 Å². The summed E-state index contributed by atoms with van der Waals surface area (Å²) in [4.78, 5) is 22.6. The van der Waals surface area contributed by atoms with Gasteiger partial charge in [-0.2, -0.15) is 0 Å². The molecule has 1 saturated heterocycles. The Balaban J connectivity index is 2.01. The molecule has 0 bridgehead atoms. The molecule has 0 amide bonds. The quantitative estimate of drug-likeness (QED) is 0.403. The first-order valence-corrected chi connectivity index (χ1v) is 8.41. The molecule has 0 saturated carbocycles. The molecule has 1 fully saturated rings. The molecule has 1 heterocycles. The van der Waals surface area contributed by atoms with Crippen molar-refractivity contribution in [3.05, 3.63) is 0 Å². The van der Waals surface area contributed by atoms with Crippen LogP contribution in [0.25, 0.3) is 0 Å². The van der Waals surface area contributed by atoms with E-state index < -0.39 is 0 Å². The Morgan fingerprint density at radius 3 is 2.22 bits per heavy atom. The average Bonchev–Trinajstić information content (AvgIpc) is 2.36. The molecule has 4 nitrogen and oxygen atoms in total.